The number of nitrogens with one attached hydrogen (secondary N) is 1. The molecular weight excluding hydrogens is 256 g/mol. The minimum absolute atomic E-state index is 0.0564. The number of amides is 1. The predicted molar refractivity (Wildman–Crippen MR) is 78.4 cm³/mol. The molecule has 0 radical (unpaired) electrons. The van der Waals surface area contributed by atoms with Crippen LogP contribution in [-0.4, -0.2) is 17.1 Å². The summed E-state index contributed by atoms with van der Waals surface area (Å²) in [4.78, 5) is 17.4. The molecule has 1 amide bonds. The zero-order valence-corrected chi connectivity index (χ0v) is 11.8. The van der Waals surface area contributed by atoms with Gasteiger partial charge in [-0.3, -0.25) is 9.78 Å². The molecule has 2 aromatic rings. The van der Waals surface area contributed by atoms with Crippen LogP contribution in [0.3, 0.4) is 0 Å². The summed E-state index contributed by atoms with van der Waals surface area (Å²) in [6, 6.07) is 11.6. The second-order valence-electron chi connectivity index (χ2n) is 4.18. The lowest BCUT2D eigenvalue weighted by molar-refractivity contribution is 0.0949. The van der Waals surface area contributed by atoms with Crippen LogP contribution < -0.4 is 5.32 Å². The highest BCUT2D eigenvalue weighted by molar-refractivity contribution is 7.98. The molecule has 0 saturated carbocycles. The predicted octanol–water partition coefficient (Wildman–Crippen LogP) is 3.04. The van der Waals surface area contributed by atoms with Gasteiger partial charge in [-0.15, -0.1) is 11.8 Å². The van der Waals surface area contributed by atoms with Crippen LogP contribution >= 0.6 is 11.8 Å². The smallest absolute Gasteiger partial charge is 0.251 e. The minimum Gasteiger partial charge on any atom is -0.346 e. The largest absolute Gasteiger partial charge is 0.346 e. The summed E-state index contributed by atoms with van der Waals surface area (Å²) >= 11 is 1.63. The summed E-state index contributed by atoms with van der Waals surface area (Å²) in [5.41, 5.74) is 2.56. The molecule has 0 aliphatic carbocycles. The molecule has 0 aliphatic rings. The fourth-order valence-corrected chi connectivity index (χ4v) is 2.18. The van der Waals surface area contributed by atoms with E-state index in [2.05, 4.69) is 10.3 Å². The van der Waals surface area contributed by atoms with Crippen LogP contribution in [0.15, 0.2) is 47.5 Å². The maximum atomic E-state index is 12.2. The lowest BCUT2D eigenvalue weighted by Gasteiger charge is -2.08. The molecule has 19 heavy (non-hydrogen) atoms. The Morgan fingerprint density at radius 2 is 2.16 bits per heavy atom. The van der Waals surface area contributed by atoms with E-state index < -0.39 is 0 Å². The molecule has 98 valence electrons. The highest BCUT2D eigenvalue weighted by Crippen LogP contribution is 2.19. The number of carbonyl (C=O) groups is 1. The van der Waals surface area contributed by atoms with Crippen LogP contribution in [0.5, 0.6) is 0 Å². The Labute approximate surface area is 117 Å². The van der Waals surface area contributed by atoms with E-state index in [0.29, 0.717) is 6.54 Å². The van der Waals surface area contributed by atoms with Gasteiger partial charge in [-0.05, 0) is 43.0 Å². The van der Waals surface area contributed by atoms with E-state index in [1.807, 2.05) is 49.6 Å². The van der Waals surface area contributed by atoms with Gasteiger partial charge in [0.05, 0.1) is 12.2 Å². The van der Waals surface area contributed by atoms with Crippen LogP contribution in [0, 0.1) is 6.92 Å². The Balaban J connectivity index is 2.08. The lowest BCUT2D eigenvalue weighted by atomic mass is 10.1. The third kappa shape index (κ3) is 3.58. The average molecular weight is 272 g/mol. The standard InChI is InChI=1S/C15H16N2OS/c1-11-6-7-13(19-2)9-14(11)15(18)17-10-12-5-3-4-8-16-12/h3-9H,10H2,1-2H3,(H,17,18). The number of aryl methyl sites for hydroxylation is 1. The highest BCUT2D eigenvalue weighted by atomic mass is 32.2. The number of hydrogen-bond donors (Lipinski definition) is 1. The second-order valence-corrected chi connectivity index (χ2v) is 5.06. The Morgan fingerprint density at radius 1 is 1.32 bits per heavy atom. The van der Waals surface area contributed by atoms with Crippen molar-refractivity contribution in [1.82, 2.24) is 10.3 Å². The third-order valence-electron chi connectivity index (χ3n) is 2.85. The van der Waals surface area contributed by atoms with Crippen LogP contribution in [0.25, 0.3) is 0 Å². The van der Waals surface area contributed by atoms with Crippen LogP contribution in [-0.2, 0) is 6.54 Å². The van der Waals surface area contributed by atoms with Crippen molar-refractivity contribution in [2.24, 2.45) is 0 Å². The number of nitrogens with zero attached hydrogens (tertiary/aromatic N) is 1. The molecule has 1 aromatic heterocycles. The van der Waals surface area contributed by atoms with Crippen molar-refractivity contribution in [2.75, 3.05) is 6.26 Å². The van der Waals surface area contributed by atoms with Crippen molar-refractivity contribution in [2.45, 2.75) is 18.4 Å². The van der Waals surface area contributed by atoms with Gasteiger partial charge in [0.25, 0.3) is 5.91 Å². The summed E-state index contributed by atoms with van der Waals surface area (Å²) in [6.45, 7) is 2.39. The fraction of sp³-hybridized carbons (Fsp3) is 0.200. The molecule has 1 N–H and O–H groups in total. The molecule has 0 spiro atoms. The molecule has 0 fully saturated rings. The van der Waals surface area contributed by atoms with Crippen LogP contribution in [0.2, 0.25) is 0 Å². The number of rotatable bonds is 4. The Hall–Kier alpha value is -1.81. The highest BCUT2D eigenvalue weighted by Gasteiger charge is 2.09. The van der Waals surface area contributed by atoms with E-state index in [9.17, 15) is 4.79 Å². The molecule has 1 aromatic carbocycles. The van der Waals surface area contributed by atoms with E-state index in [1.54, 1.807) is 18.0 Å². The minimum atomic E-state index is -0.0564. The summed E-state index contributed by atoms with van der Waals surface area (Å²) < 4.78 is 0. The Morgan fingerprint density at radius 3 is 2.84 bits per heavy atom. The van der Waals surface area contributed by atoms with Crippen molar-refractivity contribution >= 4 is 17.7 Å². The van der Waals surface area contributed by atoms with Crippen LogP contribution in [0.1, 0.15) is 21.6 Å². The van der Waals surface area contributed by atoms with E-state index >= 15 is 0 Å². The molecule has 0 bridgehead atoms. The third-order valence-corrected chi connectivity index (χ3v) is 3.57. The summed E-state index contributed by atoms with van der Waals surface area (Å²) in [5.74, 6) is -0.0564. The first-order valence-electron chi connectivity index (χ1n) is 6.03. The molecule has 0 saturated heterocycles. The number of benzene rings is 1. The molecule has 1 heterocycles. The van der Waals surface area contributed by atoms with Crippen LogP contribution in [0.4, 0.5) is 0 Å². The zero-order valence-electron chi connectivity index (χ0n) is 11.0. The molecule has 0 aliphatic heterocycles. The monoisotopic (exact) mass is 272 g/mol. The SMILES string of the molecule is CSc1ccc(C)c(C(=O)NCc2ccccn2)c1. The first kappa shape index (κ1) is 13.6. The summed E-state index contributed by atoms with van der Waals surface area (Å²) in [7, 11) is 0. The fourth-order valence-electron chi connectivity index (χ4n) is 1.74. The second kappa shape index (κ2) is 6.38. The maximum Gasteiger partial charge on any atom is 0.251 e. The average Bonchev–Trinajstić information content (AvgIpc) is 2.46. The van der Waals surface area contributed by atoms with Crippen molar-refractivity contribution < 1.29 is 4.79 Å². The molecule has 3 nitrogen and oxygen atoms in total. The van der Waals surface area contributed by atoms with Gasteiger partial charge in [0.2, 0.25) is 0 Å². The Bertz CT molecular complexity index is 570. The molecule has 0 unspecified atom stereocenters. The zero-order chi connectivity index (χ0) is 13.7. The van der Waals surface area contributed by atoms with E-state index in [-0.39, 0.29) is 5.91 Å². The Kier molecular flexibility index (Phi) is 4.58. The first-order valence-corrected chi connectivity index (χ1v) is 7.26. The lowest BCUT2D eigenvalue weighted by Crippen LogP contribution is -2.24. The summed E-state index contributed by atoms with van der Waals surface area (Å²) in [6.07, 6.45) is 3.72. The van der Waals surface area contributed by atoms with Gasteiger partial charge in [0.1, 0.15) is 0 Å². The van der Waals surface area contributed by atoms with Gasteiger partial charge < -0.3 is 5.32 Å². The number of hydrogen-bond acceptors (Lipinski definition) is 3. The van der Waals surface area contributed by atoms with Gasteiger partial charge in [0, 0.05) is 16.7 Å². The van der Waals surface area contributed by atoms with Gasteiger partial charge in [-0.2, -0.15) is 0 Å². The number of carbonyl (C=O) groups excluding carboxylic acids is 1. The number of pyridine rings is 1. The van der Waals surface area contributed by atoms with E-state index in [0.717, 1.165) is 21.7 Å². The normalized spacial score (nSPS) is 10.2. The molecule has 0 atom stereocenters. The quantitative estimate of drug-likeness (QED) is 0.870. The first-order chi connectivity index (χ1) is 9.20. The summed E-state index contributed by atoms with van der Waals surface area (Å²) in [5, 5.41) is 2.90. The number of thioether (sulfide) groups is 1. The van der Waals surface area contributed by atoms with Crippen molar-refractivity contribution in [3.63, 3.8) is 0 Å². The maximum absolute atomic E-state index is 12.2. The number of aromatic nitrogens is 1. The van der Waals surface area contributed by atoms with E-state index in [1.165, 1.54) is 0 Å². The molecule has 4 heteroatoms. The van der Waals surface area contributed by atoms with Crippen molar-refractivity contribution in [3.8, 4) is 0 Å². The van der Waals surface area contributed by atoms with Gasteiger partial charge >= 0.3 is 0 Å². The van der Waals surface area contributed by atoms with Gasteiger partial charge in [-0.1, -0.05) is 12.1 Å². The molecular formula is C15H16N2OS. The van der Waals surface area contributed by atoms with E-state index in [4.69, 9.17) is 0 Å². The topological polar surface area (TPSA) is 42.0 Å². The molecule has 2 rings (SSSR count). The van der Waals surface area contributed by atoms with Crippen molar-refractivity contribution in [3.05, 3.63) is 59.4 Å². The van der Waals surface area contributed by atoms with Gasteiger partial charge in [-0.25, -0.2) is 0 Å². The van der Waals surface area contributed by atoms with Gasteiger partial charge in [0.15, 0.2) is 0 Å². The van der Waals surface area contributed by atoms with Crippen molar-refractivity contribution in [1.29, 1.82) is 0 Å².